The standard InChI is InChI=1S/C24H34ClN3O5S/c1-23(2,3)34(30)27-21(17-12-18(25)16(13-26)11-19(17)31-6)15-7-9-28(10-8-15)22(29)20-14-32-24(4,5)33-20/h11-12,15,20-21,27H,7-10,14H2,1-6H3/t20-,21?,34+/m1/s1. The lowest BCUT2D eigenvalue weighted by atomic mass is 9.85. The molecule has 8 nitrogen and oxygen atoms in total. The summed E-state index contributed by atoms with van der Waals surface area (Å²) in [4.78, 5) is 14.8. The van der Waals surface area contributed by atoms with Gasteiger partial charge in [0.1, 0.15) is 16.6 Å². The highest BCUT2D eigenvalue weighted by Gasteiger charge is 2.41. The van der Waals surface area contributed by atoms with Crippen LogP contribution in [0.15, 0.2) is 12.1 Å². The first-order valence-corrected chi connectivity index (χ1v) is 12.9. The summed E-state index contributed by atoms with van der Waals surface area (Å²) < 4.78 is 32.8. The normalized spacial score (nSPS) is 22.8. The minimum Gasteiger partial charge on any atom is -0.598 e. The number of benzene rings is 1. The van der Waals surface area contributed by atoms with Gasteiger partial charge in [-0.1, -0.05) is 11.6 Å². The van der Waals surface area contributed by atoms with Crippen LogP contribution in [0.2, 0.25) is 5.02 Å². The molecule has 2 heterocycles. The van der Waals surface area contributed by atoms with Gasteiger partial charge < -0.3 is 23.7 Å². The first kappa shape index (κ1) is 27.1. The minimum atomic E-state index is -1.35. The van der Waals surface area contributed by atoms with E-state index in [-0.39, 0.29) is 24.5 Å². The number of carbonyl (C=O) groups excluding carboxylic acids is 1. The SMILES string of the molecule is COc1cc(C#N)c(Cl)cc1C(N[S@@+]([O-])C(C)(C)C)C1CCN(C(=O)[C@H]2COC(C)(C)O2)CC1. The molecule has 2 fully saturated rings. The van der Waals surface area contributed by atoms with E-state index >= 15 is 0 Å². The number of amides is 1. The Balaban J connectivity index is 1.81. The van der Waals surface area contributed by atoms with Gasteiger partial charge in [-0.25, -0.2) is 0 Å². The summed E-state index contributed by atoms with van der Waals surface area (Å²) >= 11 is 5.02. The predicted octanol–water partition coefficient (Wildman–Crippen LogP) is 3.70. The van der Waals surface area contributed by atoms with E-state index in [1.807, 2.05) is 25.7 Å². The van der Waals surface area contributed by atoms with Gasteiger partial charge in [-0.15, -0.1) is 4.72 Å². The van der Waals surface area contributed by atoms with Crippen LogP contribution in [0.4, 0.5) is 0 Å². The van der Waals surface area contributed by atoms with Gasteiger partial charge in [0.05, 0.1) is 30.3 Å². The van der Waals surface area contributed by atoms with Gasteiger partial charge in [0, 0.05) is 30.0 Å². The summed E-state index contributed by atoms with van der Waals surface area (Å²) in [5.41, 5.74) is 1.07. The molecule has 0 spiro atoms. The molecule has 0 saturated carbocycles. The summed E-state index contributed by atoms with van der Waals surface area (Å²) in [6, 6.07) is 5.08. The van der Waals surface area contributed by atoms with Gasteiger partial charge in [-0.2, -0.15) is 5.26 Å². The van der Waals surface area contributed by atoms with Crippen molar-refractivity contribution in [1.82, 2.24) is 9.62 Å². The van der Waals surface area contributed by atoms with Crippen LogP contribution in [0, 0.1) is 17.2 Å². The maximum Gasteiger partial charge on any atom is 0.254 e. The fraction of sp³-hybridized carbons (Fsp3) is 0.667. The molecule has 3 rings (SSSR count). The molecule has 1 unspecified atom stereocenters. The Hall–Kier alpha value is -1.54. The molecule has 0 aliphatic carbocycles. The Bertz CT molecular complexity index is 938. The number of nitrogens with zero attached hydrogens (tertiary/aromatic N) is 2. The fourth-order valence-electron chi connectivity index (χ4n) is 4.25. The Morgan fingerprint density at radius 3 is 2.53 bits per heavy atom. The van der Waals surface area contributed by atoms with E-state index in [0.717, 1.165) is 5.56 Å². The number of halogens is 1. The molecule has 1 aromatic rings. The Morgan fingerprint density at radius 2 is 2.03 bits per heavy atom. The maximum absolute atomic E-state index is 13.1. The highest BCUT2D eigenvalue weighted by Crippen LogP contribution is 2.39. The summed E-state index contributed by atoms with van der Waals surface area (Å²) in [6.45, 7) is 10.7. The largest absolute Gasteiger partial charge is 0.598 e. The highest BCUT2D eigenvalue weighted by molar-refractivity contribution is 7.90. The molecule has 2 saturated heterocycles. The monoisotopic (exact) mass is 511 g/mol. The highest BCUT2D eigenvalue weighted by atomic mass is 35.5. The first-order chi connectivity index (χ1) is 15.9. The fourth-order valence-corrected chi connectivity index (χ4v) is 5.36. The van der Waals surface area contributed by atoms with Crippen molar-refractivity contribution < 1.29 is 23.6 Å². The summed E-state index contributed by atoms with van der Waals surface area (Å²) in [5.74, 6) is -0.228. The molecule has 2 aliphatic rings. The minimum absolute atomic E-state index is 0.0641. The van der Waals surface area contributed by atoms with Crippen LogP contribution in [0.5, 0.6) is 5.75 Å². The van der Waals surface area contributed by atoms with Gasteiger partial charge in [0.25, 0.3) is 5.91 Å². The van der Waals surface area contributed by atoms with Crippen molar-refractivity contribution in [3.63, 3.8) is 0 Å². The summed E-state index contributed by atoms with van der Waals surface area (Å²) in [6.07, 6.45) is 0.802. The molecule has 1 amide bonds. The lowest BCUT2D eigenvalue weighted by Gasteiger charge is -2.38. The van der Waals surface area contributed by atoms with Crippen molar-refractivity contribution in [2.24, 2.45) is 5.92 Å². The molecule has 1 N–H and O–H groups in total. The number of methoxy groups -OCH3 is 1. The molecular formula is C24H34ClN3O5S. The third-order valence-electron chi connectivity index (χ3n) is 6.17. The zero-order chi connectivity index (χ0) is 25.3. The number of ether oxygens (including phenoxy) is 3. The summed E-state index contributed by atoms with van der Waals surface area (Å²) in [7, 11) is 1.54. The molecule has 3 atom stereocenters. The number of rotatable bonds is 6. The molecule has 1 aromatic carbocycles. The zero-order valence-electron chi connectivity index (χ0n) is 20.6. The number of hydrogen-bond acceptors (Lipinski definition) is 7. The van der Waals surface area contributed by atoms with E-state index in [2.05, 4.69) is 10.8 Å². The van der Waals surface area contributed by atoms with Crippen LogP contribution in [0.25, 0.3) is 0 Å². The maximum atomic E-state index is 13.1. The van der Waals surface area contributed by atoms with Crippen LogP contribution in [0.3, 0.4) is 0 Å². The van der Waals surface area contributed by atoms with Crippen LogP contribution in [-0.4, -0.2) is 58.8 Å². The van der Waals surface area contributed by atoms with Gasteiger partial charge in [-0.3, -0.25) is 4.79 Å². The number of hydrogen-bond donors (Lipinski definition) is 1. The van der Waals surface area contributed by atoms with E-state index in [0.29, 0.717) is 42.3 Å². The van der Waals surface area contributed by atoms with Crippen molar-refractivity contribution in [3.8, 4) is 11.8 Å². The van der Waals surface area contributed by atoms with Gasteiger partial charge in [-0.05, 0) is 65.5 Å². The average Bonchev–Trinajstić information content (AvgIpc) is 3.15. The van der Waals surface area contributed by atoms with Gasteiger partial charge in [0.2, 0.25) is 0 Å². The van der Waals surface area contributed by atoms with Crippen LogP contribution >= 0.6 is 11.6 Å². The van der Waals surface area contributed by atoms with Gasteiger partial charge >= 0.3 is 0 Å². The van der Waals surface area contributed by atoms with E-state index in [1.54, 1.807) is 26.0 Å². The van der Waals surface area contributed by atoms with Crippen LogP contribution in [0.1, 0.15) is 64.6 Å². The number of nitriles is 1. The molecule has 0 radical (unpaired) electrons. The summed E-state index contributed by atoms with van der Waals surface area (Å²) in [5, 5.41) is 9.68. The molecule has 0 bridgehead atoms. The van der Waals surface area contributed by atoms with E-state index in [4.69, 9.17) is 25.8 Å². The molecule has 10 heteroatoms. The Morgan fingerprint density at radius 1 is 1.38 bits per heavy atom. The van der Waals surface area contributed by atoms with E-state index < -0.39 is 28.0 Å². The van der Waals surface area contributed by atoms with Crippen molar-refractivity contribution in [2.75, 3.05) is 26.8 Å². The zero-order valence-corrected chi connectivity index (χ0v) is 22.2. The second kappa shape index (κ2) is 10.6. The van der Waals surface area contributed by atoms with Crippen molar-refractivity contribution in [1.29, 1.82) is 5.26 Å². The molecule has 34 heavy (non-hydrogen) atoms. The quantitative estimate of drug-likeness (QED) is 0.580. The first-order valence-electron chi connectivity index (χ1n) is 11.4. The lowest BCUT2D eigenvalue weighted by Crippen LogP contribution is -2.48. The van der Waals surface area contributed by atoms with Crippen LogP contribution < -0.4 is 9.46 Å². The van der Waals surface area contributed by atoms with Gasteiger partial charge in [0.15, 0.2) is 11.9 Å². The van der Waals surface area contributed by atoms with Crippen molar-refractivity contribution >= 4 is 28.9 Å². The van der Waals surface area contributed by atoms with Crippen molar-refractivity contribution in [3.05, 3.63) is 28.3 Å². The Labute approximate surface area is 210 Å². The Kier molecular flexibility index (Phi) is 8.44. The van der Waals surface area contributed by atoms with E-state index in [1.165, 1.54) is 7.11 Å². The third kappa shape index (κ3) is 6.17. The number of likely N-dealkylation sites (tertiary alicyclic amines) is 1. The smallest absolute Gasteiger partial charge is 0.254 e. The van der Waals surface area contributed by atoms with Crippen LogP contribution in [-0.2, 0) is 25.6 Å². The lowest BCUT2D eigenvalue weighted by molar-refractivity contribution is -0.161. The topological polar surface area (TPSA) is 107 Å². The molecule has 0 aromatic heterocycles. The molecule has 188 valence electrons. The van der Waals surface area contributed by atoms with Crippen molar-refractivity contribution in [2.45, 2.75) is 70.1 Å². The molecular weight excluding hydrogens is 478 g/mol. The molecule has 2 aliphatic heterocycles. The van der Waals surface area contributed by atoms with E-state index in [9.17, 15) is 14.6 Å². The number of nitrogens with one attached hydrogen (secondary N) is 1. The second-order valence-corrected chi connectivity index (χ2v) is 12.5. The second-order valence-electron chi connectivity index (χ2n) is 10.1. The average molecular weight is 512 g/mol. The third-order valence-corrected chi connectivity index (χ3v) is 8.06. The predicted molar refractivity (Wildman–Crippen MR) is 131 cm³/mol. The number of carbonyl (C=O) groups is 1. The number of piperidine rings is 1.